The van der Waals surface area contributed by atoms with Gasteiger partial charge in [0.15, 0.2) is 0 Å². The molecule has 0 aliphatic carbocycles. The zero-order valence-electron chi connectivity index (χ0n) is 11.8. The molecule has 24 heavy (non-hydrogen) atoms. The summed E-state index contributed by atoms with van der Waals surface area (Å²) < 4.78 is 76.9. The van der Waals surface area contributed by atoms with Gasteiger partial charge in [-0.1, -0.05) is 12.1 Å². The lowest BCUT2D eigenvalue weighted by molar-refractivity contribution is -0.138. The molecule has 0 spiro atoms. The van der Waals surface area contributed by atoms with Gasteiger partial charge in [-0.05, 0) is 30.3 Å². The Kier molecular flexibility index (Phi) is 4.46. The van der Waals surface area contributed by atoms with Crippen LogP contribution in [-0.4, -0.2) is 5.91 Å². The number of hydrogen-bond acceptors (Lipinski definition) is 2. The van der Waals surface area contributed by atoms with Gasteiger partial charge in [0.2, 0.25) is 0 Å². The number of benzene rings is 2. The number of nitrogens with one attached hydrogen (secondary N) is 1. The van der Waals surface area contributed by atoms with E-state index in [1.165, 1.54) is 6.07 Å². The third-order valence-corrected chi connectivity index (χ3v) is 3.09. The van der Waals surface area contributed by atoms with Gasteiger partial charge in [-0.3, -0.25) is 4.79 Å². The molecule has 128 valence electrons. The Bertz CT molecular complexity index is 767. The fourth-order valence-corrected chi connectivity index (χ4v) is 2.01. The maximum atomic E-state index is 12.9. The Morgan fingerprint density at radius 1 is 0.875 bits per heavy atom. The van der Waals surface area contributed by atoms with Crippen LogP contribution in [0.2, 0.25) is 0 Å². The van der Waals surface area contributed by atoms with E-state index in [1.807, 2.05) is 5.32 Å². The van der Waals surface area contributed by atoms with Crippen molar-refractivity contribution in [1.29, 1.82) is 0 Å². The molecule has 3 N–H and O–H groups in total. The molecule has 0 aromatic heterocycles. The van der Waals surface area contributed by atoms with E-state index in [1.54, 1.807) is 0 Å². The van der Waals surface area contributed by atoms with Gasteiger partial charge in [-0.2, -0.15) is 26.3 Å². The highest BCUT2D eigenvalue weighted by Gasteiger charge is 2.35. The van der Waals surface area contributed by atoms with E-state index >= 15 is 0 Å². The van der Waals surface area contributed by atoms with Crippen LogP contribution in [0.1, 0.15) is 21.5 Å². The maximum absolute atomic E-state index is 12.9. The van der Waals surface area contributed by atoms with Gasteiger partial charge in [-0.25, -0.2) is 0 Å². The molecule has 9 heteroatoms. The molecule has 0 saturated heterocycles. The highest BCUT2D eigenvalue weighted by molar-refractivity contribution is 6.05. The number of nitrogen functional groups attached to an aromatic ring is 1. The maximum Gasteiger partial charge on any atom is 0.418 e. The minimum absolute atomic E-state index is 0.321. The summed E-state index contributed by atoms with van der Waals surface area (Å²) in [5.41, 5.74) is 1.26. The van der Waals surface area contributed by atoms with Crippen molar-refractivity contribution >= 4 is 17.3 Å². The quantitative estimate of drug-likeness (QED) is 0.618. The van der Waals surface area contributed by atoms with Gasteiger partial charge >= 0.3 is 12.4 Å². The molecule has 0 heterocycles. The topological polar surface area (TPSA) is 55.1 Å². The van der Waals surface area contributed by atoms with Crippen molar-refractivity contribution in [3.63, 3.8) is 0 Å². The molecule has 0 aliphatic heterocycles. The Balaban J connectivity index is 2.35. The number of hydrogen-bond donors (Lipinski definition) is 2. The number of anilines is 2. The molecule has 0 saturated carbocycles. The molecule has 2 rings (SSSR count). The molecule has 0 aliphatic rings. The van der Waals surface area contributed by atoms with Crippen LogP contribution in [0.5, 0.6) is 0 Å². The van der Waals surface area contributed by atoms with Crippen molar-refractivity contribution in [2.75, 3.05) is 11.1 Å². The van der Waals surface area contributed by atoms with Crippen molar-refractivity contribution < 1.29 is 31.1 Å². The second-order valence-corrected chi connectivity index (χ2v) is 4.80. The van der Waals surface area contributed by atoms with Crippen molar-refractivity contribution in [3.05, 3.63) is 59.2 Å². The van der Waals surface area contributed by atoms with Gasteiger partial charge in [0, 0.05) is 11.4 Å². The highest BCUT2D eigenvalue weighted by atomic mass is 19.4. The molecule has 0 atom stereocenters. The van der Waals surface area contributed by atoms with E-state index in [4.69, 9.17) is 5.73 Å². The molecular weight excluding hydrogens is 338 g/mol. The van der Waals surface area contributed by atoms with Gasteiger partial charge in [0.1, 0.15) is 0 Å². The van der Waals surface area contributed by atoms with Crippen molar-refractivity contribution in [2.24, 2.45) is 0 Å². The van der Waals surface area contributed by atoms with Crippen LogP contribution in [0.15, 0.2) is 42.5 Å². The van der Waals surface area contributed by atoms with Crippen molar-refractivity contribution in [1.82, 2.24) is 0 Å². The van der Waals surface area contributed by atoms with Crippen LogP contribution < -0.4 is 11.1 Å². The number of carbonyl (C=O) groups excluding carboxylic acids is 1. The van der Waals surface area contributed by atoms with Crippen LogP contribution >= 0.6 is 0 Å². The third kappa shape index (κ3) is 3.79. The number of nitrogens with two attached hydrogens (primary N) is 1. The fraction of sp³-hybridized carbons (Fsp3) is 0.133. The summed E-state index contributed by atoms with van der Waals surface area (Å²) in [5, 5.41) is 2.02. The number of rotatable bonds is 2. The molecule has 0 unspecified atom stereocenters. The van der Waals surface area contributed by atoms with E-state index in [2.05, 4.69) is 0 Å². The van der Waals surface area contributed by atoms with E-state index in [0.29, 0.717) is 12.1 Å². The molecule has 3 nitrogen and oxygen atoms in total. The van der Waals surface area contributed by atoms with Crippen molar-refractivity contribution in [3.8, 4) is 0 Å². The van der Waals surface area contributed by atoms with Crippen LogP contribution in [0.3, 0.4) is 0 Å². The SMILES string of the molecule is Nc1ccc(NC(=O)c2ccccc2C(F)(F)F)cc1C(F)(F)F. The molecule has 0 bridgehead atoms. The summed E-state index contributed by atoms with van der Waals surface area (Å²) >= 11 is 0. The lowest BCUT2D eigenvalue weighted by Crippen LogP contribution is -2.19. The van der Waals surface area contributed by atoms with Gasteiger partial charge in [0.25, 0.3) is 5.91 Å². The highest BCUT2D eigenvalue weighted by Crippen LogP contribution is 2.36. The average Bonchev–Trinajstić information content (AvgIpc) is 2.47. The average molecular weight is 348 g/mol. The number of amides is 1. The van der Waals surface area contributed by atoms with E-state index in [9.17, 15) is 31.1 Å². The molecule has 0 fully saturated rings. The second kappa shape index (κ2) is 6.06. The first-order valence-corrected chi connectivity index (χ1v) is 6.44. The van der Waals surface area contributed by atoms with Crippen LogP contribution in [0.4, 0.5) is 37.7 Å². The zero-order valence-corrected chi connectivity index (χ0v) is 11.8. The number of halogens is 6. The molecule has 2 aromatic carbocycles. The zero-order chi connectivity index (χ0) is 18.1. The Morgan fingerprint density at radius 3 is 2.04 bits per heavy atom. The largest absolute Gasteiger partial charge is 0.418 e. The lowest BCUT2D eigenvalue weighted by atomic mass is 10.1. The van der Waals surface area contributed by atoms with Crippen LogP contribution in [0.25, 0.3) is 0 Å². The third-order valence-electron chi connectivity index (χ3n) is 3.09. The minimum Gasteiger partial charge on any atom is -0.398 e. The molecule has 2 aromatic rings. The van der Waals surface area contributed by atoms with Crippen molar-refractivity contribution in [2.45, 2.75) is 12.4 Å². The van der Waals surface area contributed by atoms with E-state index in [-0.39, 0.29) is 5.69 Å². The second-order valence-electron chi connectivity index (χ2n) is 4.80. The minimum atomic E-state index is -4.77. The van der Waals surface area contributed by atoms with Crippen LogP contribution in [-0.2, 0) is 12.4 Å². The standard InChI is InChI=1S/C15H10F6N2O/c16-14(17,18)10-4-2-1-3-9(10)13(24)23-8-5-6-12(22)11(7-8)15(19,20)21/h1-7H,22H2,(H,23,24). The normalized spacial score (nSPS) is 12.1. The Hall–Kier alpha value is -2.71. The smallest absolute Gasteiger partial charge is 0.398 e. The number of alkyl halides is 6. The first-order valence-electron chi connectivity index (χ1n) is 6.44. The monoisotopic (exact) mass is 348 g/mol. The van der Waals surface area contributed by atoms with E-state index in [0.717, 1.165) is 24.3 Å². The van der Waals surface area contributed by atoms with Gasteiger partial charge in [0.05, 0.1) is 16.7 Å². The molecule has 0 radical (unpaired) electrons. The first-order chi connectivity index (χ1) is 11.0. The fourth-order valence-electron chi connectivity index (χ4n) is 2.01. The lowest BCUT2D eigenvalue weighted by Gasteiger charge is -2.14. The Labute approximate surface area is 132 Å². The van der Waals surface area contributed by atoms with E-state index < -0.39 is 40.6 Å². The first kappa shape index (κ1) is 17.6. The summed E-state index contributed by atoms with van der Waals surface area (Å²) in [7, 11) is 0. The van der Waals surface area contributed by atoms with Gasteiger partial charge in [-0.15, -0.1) is 0 Å². The summed E-state index contributed by atoms with van der Waals surface area (Å²) in [4.78, 5) is 12.0. The Morgan fingerprint density at radius 2 is 1.46 bits per heavy atom. The predicted molar refractivity (Wildman–Crippen MR) is 75.3 cm³/mol. The number of carbonyl (C=O) groups is 1. The molecule has 1 amide bonds. The molecular formula is C15H10F6N2O. The summed E-state index contributed by atoms with van der Waals surface area (Å²) in [6.45, 7) is 0. The summed E-state index contributed by atoms with van der Waals surface area (Å²) in [6, 6.07) is 6.49. The van der Waals surface area contributed by atoms with Crippen LogP contribution in [0, 0.1) is 0 Å². The predicted octanol–water partition coefficient (Wildman–Crippen LogP) is 4.56. The van der Waals surface area contributed by atoms with Gasteiger partial charge < -0.3 is 11.1 Å². The summed E-state index contributed by atoms with van der Waals surface area (Å²) in [5.74, 6) is -1.18. The summed E-state index contributed by atoms with van der Waals surface area (Å²) in [6.07, 6.45) is -9.53.